The summed E-state index contributed by atoms with van der Waals surface area (Å²) < 4.78 is 0. The third kappa shape index (κ3) is 5.17. The van der Waals surface area contributed by atoms with E-state index in [0.29, 0.717) is 5.76 Å². The molecule has 0 bridgehead atoms. The Kier molecular flexibility index (Phi) is 5.94. The lowest BCUT2D eigenvalue weighted by molar-refractivity contribution is 0.220. The van der Waals surface area contributed by atoms with E-state index in [9.17, 15) is 5.11 Å². The van der Waals surface area contributed by atoms with E-state index in [4.69, 9.17) is 0 Å². The molecule has 1 saturated heterocycles. The van der Waals surface area contributed by atoms with Crippen molar-refractivity contribution in [3.63, 3.8) is 0 Å². The lowest BCUT2D eigenvalue weighted by Gasteiger charge is -2.28. The lowest BCUT2D eigenvalue weighted by Crippen LogP contribution is -2.29. The fraction of sp³-hybridized carbons (Fsp3) is 0.571. The van der Waals surface area contributed by atoms with Crippen LogP contribution in [0.3, 0.4) is 0 Å². The molecule has 90 valence electrons. The van der Waals surface area contributed by atoms with Crippen LogP contribution in [0.5, 0.6) is 0 Å². The summed E-state index contributed by atoms with van der Waals surface area (Å²) in [6, 6.07) is 0. The van der Waals surface area contributed by atoms with E-state index in [1.165, 1.54) is 25.9 Å². The second kappa shape index (κ2) is 7.29. The van der Waals surface area contributed by atoms with Gasteiger partial charge in [-0.05, 0) is 64.4 Å². The molecule has 1 aliphatic heterocycles. The first-order chi connectivity index (χ1) is 7.72. The van der Waals surface area contributed by atoms with E-state index in [2.05, 4.69) is 18.0 Å². The fourth-order valence-corrected chi connectivity index (χ4v) is 1.93. The standard InChI is InChI=1S/C14H23NO/c1-3-4-7-14(16)8-5-6-13-9-11-15(2)12-10-13/h3-5,7-8,13,16H,6,9-12H2,1-2H3/b4-3+,8-5-,14-7+. The minimum atomic E-state index is 0.339. The molecular formula is C14H23NO. The van der Waals surface area contributed by atoms with Crippen molar-refractivity contribution in [1.82, 2.24) is 4.90 Å². The number of aliphatic hydroxyl groups is 1. The highest BCUT2D eigenvalue weighted by Crippen LogP contribution is 2.19. The summed E-state index contributed by atoms with van der Waals surface area (Å²) in [7, 11) is 2.18. The molecule has 0 aromatic heterocycles. The van der Waals surface area contributed by atoms with Gasteiger partial charge in [0.1, 0.15) is 5.76 Å². The van der Waals surface area contributed by atoms with Gasteiger partial charge < -0.3 is 10.0 Å². The van der Waals surface area contributed by atoms with Gasteiger partial charge in [0.15, 0.2) is 0 Å². The van der Waals surface area contributed by atoms with Crippen molar-refractivity contribution in [3.8, 4) is 0 Å². The molecule has 0 radical (unpaired) electrons. The summed E-state index contributed by atoms with van der Waals surface area (Å²) in [6.07, 6.45) is 13.0. The topological polar surface area (TPSA) is 23.5 Å². The summed E-state index contributed by atoms with van der Waals surface area (Å²) in [5.41, 5.74) is 0. The normalized spacial score (nSPS) is 21.2. The van der Waals surface area contributed by atoms with E-state index in [1.807, 2.05) is 19.1 Å². The van der Waals surface area contributed by atoms with E-state index in [-0.39, 0.29) is 0 Å². The van der Waals surface area contributed by atoms with Gasteiger partial charge in [-0.1, -0.05) is 18.2 Å². The molecule has 0 amide bonds. The molecule has 0 aliphatic carbocycles. The summed E-state index contributed by atoms with van der Waals surface area (Å²) in [4.78, 5) is 2.38. The Morgan fingerprint density at radius 1 is 1.38 bits per heavy atom. The average Bonchev–Trinajstić information content (AvgIpc) is 2.29. The van der Waals surface area contributed by atoms with Crippen molar-refractivity contribution in [2.45, 2.75) is 26.2 Å². The van der Waals surface area contributed by atoms with E-state index in [1.54, 1.807) is 12.2 Å². The van der Waals surface area contributed by atoms with Crippen molar-refractivity contribution in [3.05, 3.63) is 36.1 Å². The van der Waals surface area contributed by atoms with Crippen LogP contribution in [-0.2, 0) is 0 Å². The van der Waals surface area contributed by atoms with Gasteiger partial charge in [-0.15, -0.1) is 0 Å². The Morgan fingerprint density at radius 2 is 2.06 bits per heavy atom. The Bertz CT molecular complexity index is 270. The maximum Gasteiger partial charge on any atom is 0.115 e. The van der Waals surface area contributed by atoms with Crippen LogP contribution >= 0.6 is 0 Å². The zero-order valence-electron chi connectivity index (χ0n) is 10.4. The number of nitrogens with zero attached hydrogens (tertiary/aromatic N) is 1. The smallest absolute Gasteiger partial charge is 0.115 e. The Labute approximate surface area is 99.0 Å². The second-order valence-corrected chi connectivity index (χ2v) is 4.50. The van der Waals surface area contributed by atoms with Crippen LogP contribution < -0.4 is 0 Å². The highest BCUT2D eigenvalue weighted by atomic mass is 16.3. The number of piperidine rings is 1. The van der Waals surface area contributed by atoms with Crippen molar-refractivity contribution < 1.29 is 5.11 Å². The monoisotopic (exact) mass is 221 g/mol. The zero-order valence-corrected chi connectivity index (χ0v) is 10.4. The third-order valence-electron chi connectivity index (χ3n) is 3.06. The highest BCUT2D eigenvalue weighted by Gasteiger charge is 2.14. The predicted octanol–water partition coefficient (Wildman–Crippen LogP) is 3.29. The molecule has 2 nitrogen and oxygen atoms in total. The molecule has 16 heavy (non-hydrogen) atoms. The van der Waals surface area contributed by atoms with Crippen molar-refractivity contribution in [1.29, 1.82) is 0 Å². The Balaban J connectivity index is 2.26. The Hall–Kier alpha value is -1.02. The first-order valence-corrected chi connectivity index (χ1v) is 6.09. The summed E-state index contributed by atoms with van der Waals surface area (Å²) in [5.74, 6) is 1.13. The number of hydrogen-bond acceptors (Lipinski definition) is 2. The van der Waals surface area contributed by atoms with Gasteiger partial charge in [-0.2, -0.15) is 0 Å². The molecule has 2 heteroatoms. The first kappa shape index (κ1) is 13.0. The van der Waals surface area contributed by atoms with Gasteiger partial charge in [-0.25, -0.2) is 0 Å². The van der Waals surface area contributed by atoms with Gasteiger partial charge in [0.25, 0.3) is 0 Å². The molecule has 1 N–H and O–H groups in total. The fourth-order valence-electron chi connectivity index (χ4n) is 1.93. The van der Waals surface area contributed by atoms with Crippen LogP contribution in [0.1, 0.15) is 26.2 Å². The van der Waals surface area contributed by atoms with Crippen molar-refractivity contribution in [2.24, 2.45) is 5.92 Å². The first-order valence-electron chi connectivity index (χ1n) is 6.09. The zero-order chi connectivity index (χ0) is 11.8. The van der Waals surface area contributed by atoms with Crippen LogP contribution in [0.15, 0.2) is 36.1 Å². The number of aliphatic hydroxyl groups excluding tert-OH is 1. The summed E-state index contributed by atoms with van der Waals surface area (Å²) in [6.45, 7) is 4.35. The van der Waals surface area contributed by atoms with E-state index < -0.39 is 0 Å². The van der Waals surface area contributed by atoms with Gasteiger partial charge >= 0.3 is 0 Å². The van der Waals surface area contributed by atoms with E-state index in [0.717, 1.165) is 12.3 Å². The number of rotatable bonds is 4. The molecule has 0 saturated carbocycles. The molecule has 1 heterocycles. The number of allylic oxidation sites excluding steroid dienone is 5. The quantitative estimate of drug-likeness (QED) is 0.581. The molecule has 0 aromatic carbocycles. The van der Waals surface area contributed by atoms with Crippen LogP contribution in [0.25, 0.3) is 0 Å². The van der Waals surface area contributed by atoms with Gasteiger partial charge in [0, 0.05) is 0 Å². The predicted molar refractivity (Wildman–Crippen MR) is 69.5 cm³/mol. The van der Waals surface area contributed by atoms with Crippen molar-refractivity contribution in [2.75, 3.05) is 20.1 Å². The van der Waals surface area contributed by atoms with Crippen molar-refractivity contribution >= 4 is 0 Å². The van der Waals surface area contributed by atoms with E-state index >= 15 is 0 Å². The van der Waals surface area contributed by atoms with Crippen LogP contribution in [-0.4, -0.2) is 30.1 Å². The summed E-state index contributed by atoms with van der Waals surface area (Å²) in [5, 5.41) is 9.47. The minimum absolute atomic E-state index is 0.339. The molecule has 1 fully saturated rings. The molecule has 0 atom stereocenters. The van der Waals surface area contributed by atoms with Crippen LogP contribution in [0.4, 0.5) is 0 Å². The van der Waals surface area contributed by atoms with Gasteiger partial charge in [0.2, 0.25) is 0 Å². The molecule has 0 unspecified atom stereocenters. The Morgan fingerprint density at radius 3 is 2.69 bits per heavy atom. The largest absolute Gasteiger partial charge is 0.508 e. The van der Waals surface area contributed by atoms with Gasteiger partial charge in [-0.3, -0.25) is 0 Å². The molecular weight excluding hydrogens is 198 g/mol. The minimum Gasteiger partial charge on any atom is -0.508 e. The molecule has 0 aromatic rings. The van der Waals surface area contributed by atoms with Crippen LogP contribution in [0.2, 0.25) is 0 Å². The maximum atomic E-state index is 9.47. The number of likely N-dealkylation sites (tertiary alicyclic amines) is 1. The molecule has 0 spiro atoms. The third-order valence-corrected chi connectivity index (χ3v) is 3.06. The van der Waals surface area contributed by atoms with Crippen LogP contribution in [0, 0.1) is 5.92 Å². The second-order valence-electron chi connectivity index (χ2n) is 4.50. The average molecular weight is 221 g/mol. The molecule has 1 aliphatic rings. The summed E-state index contributed by atoms with van der Waals surface area (Å²) >= 11 is 0. The molecule has 1 rings (SSSR count). The number of hydrogen-bond donors (Lipinski definition) is 1. The SMILES string of the molecule is C/C=C/C=C(O)\C=C/CC1CCN(C)CC1. The maximum absolute atomic E-state index is 9.47. The highest BCUT2D eigenvalue weighted by molar-refractivity contribution is 5.16. The van der Waals surface area contributed by atoms with Gasteiger partial charge in [0.05, 0.1) is 0 Å². The lowest BCUT2D eigenvalue weighted by atomic mass is 9.94.